The second kappa shape index (κ2) is 7.27. The fourth-order valence-electron chi connectivity index (χ4n) is 2.74. The van der Waals surface area contributed by atoms with Crippen LogP contribution in [0.4, 0.5) is 0 Å². The molecule has 1 saturated carbocycles. The zero-order valence-electron chi connectivity index (χ0n) is 10.7. The Balaban J connectivity index is 2.16. The van der Waals surface area contributed by atoms with Gasteiger partial charge in [0, 0.05) is 6.04 Å². The van der Waals surface area contributed by atoms with Gasteiger partial charge in [0.15, 0.2) is 0 Å². The van der Waals surface area contributed by atoms with E-state index in [9.17, 15) is 0 Å². The van der Waals surface area contributed by atoms with E-state index in [1.54, 1.807) is 0 Å². The number of rotatable bonds is 5. The second-order valence-electron chi connectivity index (χ2n) is 5.74. The lowest BCUT2D eigenvalue weighted by Gasteiger charge is -2.22. The Morgan fingerprint density at radius 2 is 1.60 bits per heavy atom. The summed E-state index contributed by atoms with van der Waals surface area (Å²) in [6.07, 6.45) is 12.4. The maximum Gasteiger partial charge on any atom is 0.00671 e. The highest BCUT2D eigenvalue weighted by Crippen LogP contribution is 2.26. The standard InChI is InChI=1S/C14H29N/c1-12(2)8-7-11-14(15)13-9-5-3-4-6-10-13/h12-14H,3-11,15H2,1-2H3. The molecule has 0 saturated heterocycles. The van der Waals surface area contributed by atoms with Gasteiger partial charge in [0.2, 0.25) is 0 Å². The minimum Gasteiger partial charge on any atom is -0.327 e. The molecule has 0 aromatic heterocycles. The molecule has 1 aliphatic carbocycles. The largest absolute Gasteiger partial charge is 0.327 e. The van der Waals surface area contributed by atoms with Crippen LogP contribution in [-0.4, -0.2) is 6.04 Å². The van der Waals surface area contributed by atoms with Crippen LogP contribution in [-0.2, 0) is 0 Å². The van der Waals surface area contributed by atoms with Crippen molar-refractivity contribution >= 4 is 0 Å². The molecule has 0 bridgehead atoms. The average molecular weight is 211 g/mol. The normalized spacial score (nSPS) is 21.6. The molecule has 1 nitrogen and oxygen atoms in total. The van der Waals surface area contributed by atoms with Crippen LogP contribution >= 0.6 is 0 Å². The summed E-state index contributed by atoms with van der Waals surface area (Å²) in [5, 5.41) is 0. The Hall–Kier alpha value is -0.0400. The van der Waals surface area contributed by atoms with E-state index >= 15 is 0 Å². The topological polar surface area (TPSA) is 26.0 Å². The van der Waals surface area contributed by atoms with Gasteiger partial charge in [-0.15, -0.1) is 0 Å². The molecule has 0 amide bonds. The van der Waals surface area contributed by atoms with Crippen LogP contribution in [0.3, 0.4) is 0 Å². The number of hydrogen-bond donors (Lipinski definition) is 1. The lowest BCUT2D eigenvalue weighted by molar-refractivity contribution is 0.344. The van der Waals surface area contributed by atoms with Crippen molar-refractivity contribution in [1.29, 1.82) is 0 Å². The highest BCUT2D eigenvalue weighted by Gasteiger charge is 2.18. The third kappa shape index (κ3) is 5.55. The van der Waals surface area contributed by atoms with Crippen LogP contribution in [0.25, 0.3) is 0 Å². The monoisotopic (exact) mass is 211 g/mol. The van der Waals surface area contributed by atoms with Crippen molar-refractivity contribution in [1.82, 2.24) is 0 Å². The van der Waals surface area contributed by atoms with Gasteiger partial charge in [-0.05, 0) is 31.1 Å². The van der Waals surface area contributed by atoms with Crippen LogP contribution in [0, 0.1) is 11.8 Å². The number of hydrogen-bond acceptors (Lipinski definition) is 1. The van der Waals surface area contributed by atoms with Gasteiger partial charge in [-0.2, -0.15) is 0 Å². The van der Waals surface area contributed by atoms with Gasteiger partial charge in [0.05, 0.1) is 0 Å². The molecule has 90 valence electrons. The SMILES string of the molecule is CC(C)CCCC(N)C1CCCCCC1. The second-order valence-corrected chi connectivity index (χ2v) is 5.74. The highest BCUT2D eigenvalue weighted by atomic mass is 14.6. The van der Waals surface area contributed by atoms with E-state index < -0.39 is 0 Å². The minimum absolute atomic E-state index is 0.488. The molecule has 2 N–H and O–H groups in total. The van der Waals surface area contributed by atoms with Crippen LogP contribution in [0.2, 0.25) is 0 Å². The molecule has 0 aromatic carbocycles. The Bertz CT molecular complexity index is 145. The molecule has 1 rings (SSSR count). The molecule has 1 unspecified atom stereocenters. The molecule has 0 aromatic rings. The van der Waals surface area contributed by atoms with Gasteiger partial charge in [0.25, 0.3) is 0 Å². The summed E-state index contributed by atoms with van der Waals surface area (Å²) in [6, 6.07) is 0.488. The van der Waals surface area contributed by atoms with Crippen molar-refractivity contribution < 1.29 is 0 Å². The van der Waals surface area contributed by atoms with Gasteiger partial charge < -0.3 is 5.73 Å². The molecule has 0 heterocycles. The van der Waals surface area contributed by atoms with Gasteiger partial charge in [-0.25, -0.2) is 0 Å². The highest BCUT2D eigenvalue weighted by molar-refractivity contribution is 4.75. The molecule has 1 fully saturated rings. The van der Waals surface area contributed by atoms with E-state index in [0.717, 1.165) is 11.8 Å². The fraction of sp³-hybridized carbons (Fsp3) is 1.00. The summed E-state index contributed by atoms with van der Waals surface area (Å²) < 4.78 is 0. The molecular weight excluding hydrogens is 182 g/mol. The first-order chi connectivity index (χ1) is 7.20. The fourth-order valence-corrected chi connectivity index (χ4v) is 2.74. The Morgan fingerprint density at radius 3 is 2.13 bits per heavy atom. The van der Waals surface area contributed by atoms with Crippen LogP contribution < -0.4 is 5.73 Å². The lowest BCUT2D eigenvalue weighted by atomic mass is 9.88. The summed E-state index contributed by atoms with van der Waals surface area (Å²) >= 11 is 0. The lowest BCUT2D eigenvalue weighted by Crippen LogP contribution is -2.29. The molecule has 0 spiro atoms. The van der Waals surface area contributed by atoms with Crippen molar-refractivity contribution in [3.05, 3.63) is 0 Å². The predicted molar refractivity (Wildman–Crippen MR) is 67.9 cm³/mol. The van der Waals surface area contributed by atoms with Crippen LogP contribution in [0.15, 0.2) is 0 Å². The van der Waals surface area contributed by atoms with E-state index in [1.165, 1.54) is 57.8 Å². The first-order valence-electron chi connectivity index (χ1n) is 6.95. The van der Waals surface area contributed by atoms with E-state index in [1.807, 2.05) is 0 Å². The van der Waals surface area contributed by atoms with E-state index in [2.05, 4.69) is 13.8 Å². The smallest absolute Gasteiger partial charge is 0.00671 e. The summed E-state index contributed by atoms with van der Waals surface area (Å²) in [7, 11) is 0. The summed E-state index contributed by atoms with van der Waals surface area (Å²) in [4.78, 5) is 0. The zero-order chi connectivity index (χ0) is 11.1. The zero-order valence-corrected chi connectivity index (χ0v) is 10.7. The summed E-state index contributed by atoms with van der Waals surface area (Å²) in [5.74, 6) is 1.67. The van der Waals surface area contributed by atoms with E-state index in [0.29, 0.717) is 6.04 Å². The third-order valence-electron chi connectivity index (χ3n) is 3.82. The molecule has 1 aliphatic rings. The summed E-state index contributed by atoms with van der Waals surface area (Å²) in [6.45, 7) is 4.61. The summed E-state index contributed by atoms with van der Waals surface area (Å²) in [5.41, 5.74) is 6.30. The van der Waals surface area contributed by atoms with Crippen LogP contribution in [0.5, 0.6) is 0 Å². The molecular formula is C14H29N. The Morgan fingerprint density at radius 1 is 1.00 bits per heavy atom. The third-order valence-corrected chi connectivity index (χ3v) is 3.82. The number of nitrogens with two attached hydrogens (primary N) is 1. The van der Waals surface area contributed by atoms with E-state index in [4.69, 9.17) is 5.73 Å². The van der Waals surface area contributed by atoms with Crippen molar-refractivity contribution in [2.75, 3.05) is 0 Å². The van der Waals surface area contributed by atoms with Crippen molar-refractivity contribution in [3.8, 4) is 0 Å². The first-order valence-corrected chi connectivity index (χ1v) is 6.95. The first kappa shape index (κ1) is 13.0. The average Bonchev–Trinajstić information content (AvgIpc) is 2.44. The molecule has 1 atom stereocenters. The van der Waals surface area contributed by atoms with Gasteiger partial charge >= 0.3 is 0 Å². The van der Waals surface area contributed by atoms with E-state index in [-0.39, 0.29) is 0 Å². The van der Waals surface area contributed by atoms with Gasteiger partial charge in [0.1, 0.15) is 0 Å². The molecule has 15 heavy (non-hydrogen) atoms. The van der Waals surface area contributed by atoms with Crippen LogP contribution in [0.1, 0.15) is 71.6 Å². The molecule has 1 heteroatoms. The Kier molecular flexibility index (Phi) is 6.31. The van der Waals surface area contributed by atoms with Crippen molar-refractivity contribution in [2.45, 2.75) is 77.7 Å². The quantitative estimate of drug-likeness (QED) is 0.680. The molecule has 0 aliphatic heterocycles. The van der Waals surface area contributed by atoms with Gasteiger partial charge in [-0.1, -0.05) is 52.4 Å². The maximum absolute atomic E-state index is 6.30. The van der Waals surface area contributed by atoms with Crippen molar-refractivity contribution in [2.24, 2.45) is 17.6 Å². The van der Waals surface area contributed by atoms with Gasteiger partial charge in [-0.3, -0.25) is 0 Å². The predicted octanol–water partition coefficient (Wildman–Crippen LogP) is 4.11. The minimum atomic E-state index is 0.488. The maximum atomic E-state index is 6.30. The Labute approximate surface area is 95.8 Å². The van der Waals surface area contributed by atoms with Crippen molar-refractivity contribution in [3.63, 3.8) is 0 Å². The molecule has 0 radical (unpaired) electrons.